The van der Waals surface area contributed by atoms with Gasteiger partial charge in [-0.05, 0) is 23.8 Å². The molecule has 3 aromatic rings. The SMILES string of the molecule is O=C(Nc1cccc(C(F)(F)F)c1)c1nn2c(c1Cl)N[C@@H](c1ccccc1)C[C@H]2C(F)(F)F. The number of amides is 1. The normalized spacial score (nSPS) is 18.4. The molecule has 0 unspecified atom stereocenters. The number of hydrogen-bond donors (Lipinski definition) is 2. The average molecular weight is 489 g/mol. The summed E-state index contributed by atoms with van der Waals surface area (Å²) in [6.07, 6.45) is -9.72. The molecule has 0 spiro atoms. The molecule has 1 aliphatic rings. The molecular weight excluding hydrogens is 474 g/mol. The number of anilines is 2. The molecule has 33 heavy (non-hydrogen) atoms. The van der Waals surface area contributed by atoms with E-state index in [1.54, 1.807) is 30.3 Å². The number of fused-ring (bicyclic) bond motifs is 1. The van der Waals surface area contributed by atoms with Gasteiger partial charge in [0.2, 0.25) is 0 Å². The Kier molecular flexibility index (Phi) is 5.77. The van der Waals surface area contributed by atoms with E-state index in [0.717, 1.165) is 12.1 Å². The van der Waals surface area contributed by atoms with Crippen LogP contribution in [0.25, 0.3) is 0 Å². The van der Waals surface area contributed by atoms with E-state index in [-0.39, 0.29) is 16.5 Å². The van der Waals surface area contributed by atoms with Crippen LogP contribution < -0.4 is 10.6 Å². The summed E-state index contributed by atoms with van der Waals surface area (Å²) < 4.78 is 80.8. The van der Waals surface area contributed by atoms with Crippen molar-refractivity contribution >= 4 is 29.0 Å². The van der Waals surface area contributed by atoms with Gasteiger partial charge in [0.15, 0.2) is 11.7 Å². The van der Waals surface area contributed by atoms with Gasteiger partial charge in [-0.2, -0.15) is 31.4 Å². The fourth-order valence-electron chi connectivity index (χ4n) is 3.60. The number of nitrogens with one attached hydrogen (secondary N) is 2. The van der Waals surface area contributed by atoms with Crippen molar-refractivity contribution in [3.05, 3.63) is 76.4 Å². The molecule has 0 radical (unpaired) electrons. The van der Waals surface area contributed by atoms with Crippen LogP contribution in [-0.2, 0) is 6.18 Å². The summed E-state index contributed by atoms with van der Waals surface area (Å²) in [5.74, 6) is -1.24. The zero-order valence-electron chi connectivity index (χ0n) is 16.5. The highest BCUT2D eigenvalue weighted by molar-refractivity contribution is 6.36. The fourth-order valence-corrected chi connectivity index (χ4v) is 3.87. The maximum Gasteiger partial charge on any atom is 0.416 e. The second-order valence-electron chi connectivity index (χ2n) is 7.39. The highest BCUT2D eigenvalue weighted by Crippen LogP contribution is 2.46. The summed E-state index contributed by atoms with van der Waals surface area (Å²) in [6.45, 7) is 0. The lowest BCUT2D eigenvalue weighted by Gasteiger charge is -2.33. The van der Waals surface area contributed by atoms with E-state index in [2.05, 4.69) is 15.7 Å². The van der Waals surface area contributed by atoms with Crippen molar-refractivity contribution in [3.8, 4) is 0 Å². The van der Waals surface area contributed by atoms with Gasteiger partial charge in [0.25, 0.3) is 5.91 Å². The van der Waals surface area contributed by atoms with Crippen LogP contribution in [0.15, 0.2) is 54.6 Å². The van der Waals surface area contributed by atoms with E-state index in [1.165, 1.54) is 6.07 Å². The Balaban J connectivity index is 1.68. The number of aromatic nitrogens is 2. The van der Waals surface area contributed by atoms with Crippen LogP contribution in [0.1, 0.15) is 40.1 Å². The lowest BCUT2D eigenvalue weighted by atomic mass is 9.97. The quantitative estimate of drug-likeness (QED) is 0.416. The van der Waals surface area contributed by atoms with Gasteiger partial charge in [-0.25, -0.2) is 4.68 Å². The van der Waals surface area contributed by atoms with Crippen molar-refractivity contribution in [2.24, 2.45) is 0 Å². The third kappa shape index (κ3) is 4.63. The first kappa shape index (κ1) is 23.0. The molecule has 0 saturated carbocycles. The summed E-state index contributed by atoms with van der Waals surface area (Å²) >= 11 is 6.22. The minimum Gasteiger partial charge on any atom is -0.362 e. The predicted molar refractivity (Wildman–Crippen MR) is 109 cm³/mol. The Morgan fingerprint density at radius 3 is 2.39 bits per heavy atom. The number of alkyl halides is 6. The van der Waals surface area contributed by atoms with Crippen LogP contribution in [0.5, 0.6) is 0 Å². The molecule has 0 aliphatic carbocycles. The molecule has 174 valence electrons. The molecule has 5 nitrogen and oxygen atoms in total. The van der Waals surface area contributed by atoms with E-state index in [4.69, 9.17) is 11.6 Å². The number of rotatable bonds is 3. The van der Waals surface area contributed by atoms with Gasteiger partial charge in [0.1, 0.15) is 10.8 Å². The first-order valence-electron chi connectivity index (χ1n) is 9.60. The minimum atomic E-state index is -4.69. The first-order chi connectivity index (χ1) is 15.4. The van der Waals surface area contributed by atoms with E-state index in [1.807, 2.05) is 0 Å². The molecule has 1 aliphatic heterocycles. The van der Waals surface area contributed by atoms with Crippen LogP contribution in [0, 0.1) is 0 Å². The number of carbonyl (C=O) groups is 1. The van der Waals surface area contributed by atoms with Gasteiger partial charge in [-0.1, -0.05) is 48.0 Å². The van der Waals surface area contributed by atoms with Crippen molar-refractivity contribution in [2.45, 2.75) is 30.9 Å². The Morgan fingerprint density at radius 2 is 1.76 bits per heavy atom. The molecule has 0 bridgehead atoms. The second-order valence-corrected chi connectivity index (χ2v) is 7.77. The Morgan fingerprint density at radius 1 is 1.06 bits per heavy atom. The number of halogens is 7. The van der Waals surface area contributed by atoms with Crippen LogP contribution in [-0.4, -0.2) is 21.9 Å². The standard InChI is InChI=1S/C21H15ClF6N4O/c22-16-17(19(33)29-13-8-4-7-12(9-13)20(23,24)25)31-32-15(21(26,27)28)10-14(30-18(16)32)11-5-2-1-3-6-11/h1-9,14-15,30H,10H2,(H,29,33)/t14-,15+/m1/s1. The topological polar surface area (TPSA) is 59.0 Å². The fraction of sp³-hybridized carbons (Fsp3) is 0.238. The van der Waals surface area contributed by atoms with E-state index >= 15 is 0 Å². The van der Waals surface area contributed by atoms with Crippen molar-refractivity contribution < 1.29 is 31.1 Å². The largest absolute Gasteiger partial charge is 0.416 e. The predicted octanol–water partition coefficient (Wildman–Crippen LogP) is 6.47. The molecule has 0 fully saturated rings. The van der Waals surface area contributed by atoms with Crippen molar-refractivity contribution in [2.75, 3.05) is 10.6 Å². The molecule has 1 amide bonds. The van der Waals surface area contributed by atoms with E-state index in [0.29, 0.717) is 16.3 Å². The van der Waals surface area contributed by atoms with Crippen molar-refractivity contribution in [1.82, 2.24) is 9.78 Å². The lowest BCUT2D eigenvalue weighted by molar-refractivity contribution is -0.173. The summed E-state index contributed by atoms with van der Waals surface area (Å²) in [5.41, 5.74) is -1.16. The Hall–Kier alpha value is -3.21. The van der Waals surface area contributed by atoms with Gasteiger partial charge in [0, 0.05) is 12.1 Å². The van der Waals surface area contributed by atoms with Crippen LogP contribution in [0.2, 0.25) is 5.02 Å². The molecule has 2 aromatic carbocycles. The maximum atomic E-state index is 13.8. The lowest BCUT2D eigenvalue weighted by Crippen LogP contribution is -2.35. The minimum absolute atomic E-state index is 0.201. The first-order valence-corrected chi connectivity index (χ1v) is 9.97. The van der Waals surface area contributed by atoms with Crippen molar-refractivity contribution in [3.63, 3.8) is 0 Å². The number of nitrogens with zero attached hydrogens (tertiary/aromatic N) is 2. The second kappa shape index (κ2) is 8.29. The molecule has 0 saturated heterocycles. The van der Waals surface area contributed by atoms with Gasteiger partial charge >= 0.3 is 12.4 Å². The molecule has 2 heterocycles. The molecule has 2 N–H and O–H groups in total. The summed E-state index contributed by atoms with van der Waals surface area (Å²) in [7, 11) is 0. The van der Waals surface area contributed by atoms with Crippen LogP contribution in [0.4, 0.5) is 37.8 Å². The molecule has 4 rings (SSSR count). The van der Waals surface area contributed by atoms with E-state index < -0.39 is 48.0 Å². The third-order valence-corrected chi connectivity index (χ3v) is 5.52. The highest BCUT2D eigenvalue weighted by atomic mass is 35.5. The van der Waals surface area contributed by atoms with Gasteiger partial charge < -0.3 is 10.6 Å². The average Bonchev–Trinajstić information content (AvgIpc) is 3.09. The monoisotopic (exact) mass is 488 g/mol. The Labute approximate surface area is 188 Å². The summed E-state index contributed by atoms with van der Waals surface area (Å²) in [6, 6.07) is 9.40. The summed E-state index contributed by atoms with van der Waals surface area (Å²) in [4.78, 5) is 12.7. The molecular formula is C21H15ClF6N4O. The third-order valence-electron chi connectivity index (χ3n) is 5.16. The molecule has 2 atom stereocenters. The maximum absolute atomic E-state index is 13.8. The highest BCUT2D eigenvalue weighted by Gasteiger charge is 2.47. The zero-order valence-corrected chi connectivity index (χ0v) is 17.3. The number of benzene rings is 2. The van der Waals surface area contributed by atoms with Crippen LogP contribution in [0.3, 0.4) is 0 Å². The molecule has 12 heteroatoms. The Bertz CT molecular complexity index is 1180. The van der Waals surface area contributed by atoms with Gasteiger partial charge in [-0.3, -0.25) is 4.79 Å². The van der Waals surface area contributed by atoms with Gasteiger partial charge in [-0.15, -0.1) is 0 Å². The van der Waals surface area contributed by atoms with Crippen molar-refractivity contribution in [1.29, 1.82) is 0 Å². The van der Waals surface area contributed by atoms with Gasteiger partial charge in [0.05, 0.1) is 11.6 Å². The number of hydrogen-bond acceptors (Lipinski definition) is 3. The summed E-state index contributed by atoms with van der Waals surface area (Å²) in [5, 5.41) is 8.50. The zero-order chi connectivity index (χ0) is 24.0. The number of carbonyl (C=O) groups excluding carboxylic acids is 1. The smallest absolute Gasteiger partial charge is 0.362 e. The molecule has 1 aromatic heterocycles. The van der Waals surface area contributed by atoms with Crippen LogP contribution >= 0.6 is 11.6 Å². The van der Waals surface area contributed by atoms with E-state index in [9.17, 15) is 31.1 Å².